The van der Waals surface area contributed by atoms with E-state index < -0.39 is 0 Å². The van der Waals surface area contributed by atoms with Crippen LogP contribution >= 0.6 is 0 Å². The molecule has 64 valence electrons. The Kier molecular flexibility index (Phi) is 3.10. The molecule has 12 heavy (non-hydrogen) atoms. The maximum absolute atomic E-state index is 7.34. The van der Waals surface area contributed by atoms with E-state index in [4.69, 9.17) is 5.41 Å². The molecule has 0 fully saturated rings. The number of nitrogens with one attached hydrogen (secondary N) is 4. The second-order valence-electron chi connectivity index (χ2n) is 2.24. The van der Waals surface area contributed by atoms with Gasteiger partial charge in [-0.1, -0.05) is 18.2 Å². The number of guanidine groups is 1. The number of hydrogen-bond donors (Lipinski definition) is 4. The molecule has 0 aliphatic heterocycles. The third-order valence-corrected chi connectivity index (χ3v) is 1.29. The molecular formula is C8H12N4. The average molecular weight is 164 g/mol. The van der Waals surface area contributed by atoms with Gasteiger partial charge in [0.05, 0.1) is 0 Å². The van der Waals surface area contributed by atoms with E-state index in [0.29, 0.717) is 0 Å². The van der Waals surface area contributed by atoms with Crippen LogP contribution in [-0.4, -0.2) is 13.0 Å². The SMILES string of the molecule is CNNC(=N)Nc1ccccc1. The number of hydrazine groups is 1. The smallest absolute Gasteiger partial charge is 0.207 e. The van der Waals surface area contributed by atoms with Crippen LogP contribution in [0, 0.1) is 5.41 Å². The Morgan fingerprint density at radius 3 is 2.50 bits per heavy atom. The lowest BCUT2D eigenvalue weighted by Crippen LogP contribution is -2.38. The van der Waals surface area contributed by atoms with Crippen LogP contribution in [-0.2, 0) is 0 Å². The first-order valence-electron chi connectivity index (χ1n) is 3.66. The number of rotatable bonds is 2. The first-order chi connectivity index (χ1) is 5.83. The largest absolute Gasteiger partial charge is 0.325 e. The molecule has 0 amide bonds. The lowest BCUT2D eigenvalue weighted by molar-refractivity contribution is 0.762. The predicted octanol–water partition coefficient (Wildman–Crippen LogP) is 0.757. The highest BCUT2D eigenvalue weighted by molar-refractivity contribution is 5.90. The summed E-state index contributed by atoms with van der Waals surface area (Å²) in [6.45, 7) is 0. The summed E-state index contributed by atoms with van der Waals surface area (Å²) in [5, 5.41) is 10.2. The first kappa shape index (κ1) is 8.55. The Morgan fingerprint density at radius 2 is 1.92 bits per heavy atom. The molecule has 0 saturated carbocycles. The van der Waals surface area contributed by atoms with Gasteiger partial charge in [0.2, 0.25) is 5.96 Å². The average Bonchev–Trinajstić information content (AvgIpc) is 2.06. The fourth-order valence-corrected chi connectivity index (χ4v) is 0.822. The van der Waals surface area contributed by atoms with Crippen LogP contribution in [0.2, 0.25) is 0 Å². The van der Waals surface area contributed by atoms with E-state index in [1.165, 1.54) is 0 Å². The Labute approximate surface area is 71.5 Å². The number of anilines is 1. The second kappa shape index (κ2) is 4.35. The topological polar surface area (TPSA) is 59.9 Å². The van der Waals surface area contributed by atoms with Crippen molar-refractivity contribution in [2.75, 3.05) is 12.4 Å². The summed E-state index contributed by atoms with van der Waals surface area (Å²) in [6, 6.07) is 9.54. The van der Waals surface area contributed by atoms with Gasteiger partial charge in [0, 0.05) is 12.7 Å². The van der Waals surface area contributed by atoms with Gasteiger partial charge in [-0.25, -0.2) is 5.43 Å². The van der Waals surface area contributed by atoms with E-state index in [0.717, 1.165) is 5.69 Å². The first-order valence-corrected chi connectivity index (χ1v) is 3.66. The summed E-state index contributed by atoms with van der Waals surface area (Å²) in [4.78, 5) is 0. The van der Waals surface area contributed by atoms with Crippen molar-refractivity contribution in [1.82, 2.24) is 10.9 Å². The van der Waals surface area contributed by atoms with Gasteiger partial charge in [0.25, 0.3) is 0 Å². The minimum Gasteiger partial charge on any atom is -0.325 e. The zero-order valence-corrected chi connectivity index (χ0v) is 6.89. The summed E-state index contributed by atoms with van der Waals surface area (Å²) in [5.74, 6) is 0.226. The van der Waals surface area contributed by atoms with Gasteiger partial charge >= 0.3 is 0 Å². The number of para-hydroxylation sites is 1. The van der Waals surface area contributed by atoms with E-state index in [1.54, 1.807) is 7.05 Å². The fraction of sp³-hybridized carbons (Fsp3) is 0.125. The van der Waals surface area contributed by atoms with Gasteiger partial charge in [-0.3, -0.25) is 10.8 Å². The molecule has 0 spiro atoms. The Morgan fingerprint density at radius 1 is 1.25 bits per heavy atom. The van der Waals surface area contributed by atoms with Crippen molar-refractivity contribution in [2.45, 2.75) is 0 Å². The zero-order valence-electron chi connectivity index (χ0n) is 6.89. The van der Waals surface area contributed by atoms with Crippen molar-refractivity contribution in [1.29, 1.82) is 5.41 Å². The van der Waals surface area contributed by atoms with Crippen LogP contribution in [0.25, 0.3) is 0 Å². The molecule has 1 aromatic carbocycles. The summed E-state index contributed by atoms with van der Waals surface area (Å²) < 4.78 is 0. The highest BCUT2D eigenvalue weighted by atomic mass is 15.4. The van der Waals surface area contributed by atoms with Gasteiger partial charge in [-0.2, -0.15) is 0 Å². The Hall–Kier alpha value is -1.55. The standard InChI is InChI=1S/C8H12N4/c1-10-12-8(9)11-7-5-3-2-4-6-7/h2-6,10H,1H3,(H3,9,11,12). The number of benzene rings is 1. The summed E-state index contributed by atoms with van der Waals surface area (Å²) in [7, 11) is 1.71. The summed E-state index contributed by atoms with van der Waals surface area (Å²) >= 11 is 0. The quantitative estimate of drug-likeness (QED) is 0.296. The molecule has 0 aliphatic rings. The van der Waals surface area contributed by atoms with Crippen LogP contribution < -0.4 is 16.2 Å². The lowest BCUT2D eigenvalue weighted by atomic mass is 10.3. The van der Waals surface area contributed by atoms with Crippen molar-refractivity contribution in [2.24, 2.45) is 0 Å². The van der Waals surface area contributed by atoms with Crippen molar-refractivity contribution in [3.8, 4) is 0 Å². The van der Waals surface area contributed by atoms with Crippen LogP contribution in [0.4, 0.5) is 5.69 Å². The van der Waals surface area contributed by atoms with E-state index >= 15 is 0 Å². The van der Waals surface area contributed by atoms with Crippen molar-refractivity contribution >= 4 is 11.6 Å². The van der Waals surface area contributed by atoms with Crippen LogP contribution in [0.15, 0.2) is 30.3 Å². The molecule has 0 bridgehead atoms. The maximum atomic E-state index is 7.34. The second-order valence-corrected chi connectivity index (χ2v) is 2.24. The summed E-state index contributed by atoms with van der Waals surface area (Å²) in [5.41, 5.74) is 6.16. The molecule has 0 aromatic heterocycles. The van der Waals surface area contributed by atoms with Gasteiger partial charge in [-0.15, -0.1) is 0 Å². The van der Waals surface area contributed by atoms with Gasteiger partial charge in [0.1, 0.15) is 0 Å². The maximum Gasteiger partial charge on any atom is 0.207 e. The molecule has 0 heterocycles. The minimum atomic E-state index is 0.226. The van der Waals surface area contributed by atoms with Gasteiger partial charge in [0.15, 0.2) is 0 Å². The zero-order chi connectivity index (χ0) is 8.81. The van der Waals surface area contributed by atoms with E-state index in [-0.39, 0.29) is 5.96 Å². The molecule has 4 heteroatoms. The third-order valence-electron chi connectivity index (χ3n) is 1.29. The van der Waals surface area contributed by atoms with Crippen LogP contribution in [0.3, 0.4) is 0 Å². The van der Waals surface area contributed by atoms with Crippen molar-refractivity contribution < 1.29 is 0 Å². The molecule has 1 aromatic rings. The summed E-state index contributed by atoms with van der Waals surface area (Å²) in [6.07, 6.45) is 0. The molecular weight excluding hydrogens is 152 g/mol. The normalized spacial score (nSPS) is 9.08. The predicted molar refractivity (Wildman–Crippen MR) is 50.0 cm³/mol. The van der Waals surface area contributed by atoms with Gasteiger partial charge < -0.3 is 5.32 Å². The molecule has 0 radical (unpaired) electrons. The Balaban J connectivity index is 2.47. The van der Waals surface area contributed by atoms with E-state index in [2.05, 4.69) is 16.2 Å². The molecule has 4 N–H and O–H groups in total. The molecule has 0 aliphatic carbocycles. The van der Waals surface area contributed by atoms with Crippen LogP contribution in [0.5, 0.6) is 0 Å². The fourth-order valence-electron chi connectivity index (χ4n) is 0.822. The van der Waals surface area contributed by atoms with E-state index in [1.807, 2.05) is 30.3 Å². The molecule has 4 nitrogen and oxygen atoms in total. The number of hydrogen-bond acceptors (Lipinski definition) is 2. The Bertz CT molecular complexity index is 244. The van der Waals surface area contributed by atoms with Crippen molar-refractivity contribution in [3.63, 3.8) is 0 Å². The van der Waals surface area contributed by atoms with Gasteiger partial charge in [-0.05, 0) is 12.1 Å². The minimum absolute atomic E-state index is 0.226. The van der Waals surface area contributed by atoms with Crippen molar-refractivity contribution in [3.05, 3.63) is 30.3 Å². The monoisotopic (exact) mass is 164 g/mol. The highest BCUT2D eigenvalue weighted by Gasteiger charge is 1.92. The highest BCUT2D eigenvalue weighted by Crippen LogP contribution is 2.03. The van der Waals surface area contributed by atoms with E-state index in [9.17, 15) is 0 Å². The van der Waals surface area contributed by atoms with Crippen LogP contribution in [0.1, 0.15) is 0 Å². The lowest BCUT2D eigenvalue weighted by Gasteiger charge is -2.07. The molecule has 0 saturated heterocycles. The third kappa shape index (κ3) is 2.59. The molecule has 0 unspecified atom stereocenters. The molecule has 0 atom stereocenters. The molecule has 1 rings (SSSR count).